The molecular formula is C20H17FN6O2. The normalized spacial score (nSPS) is 14.8. The highest BCUT2D eigenvalue weighted by Crippen LogP contribution is 2.37. The number of carbonyl (C=O) groups is 1. The van der Waals surface area contributed by atoms with E-state index < -0.39 is 11.2 Å². The van der Waals surface area contributed by atoms with Crippen LogP contribution in [0, 0.1) is 17.1 Å². The summed E-state index contributed by atoms with van der Waals surface area (Å²) >= 11 is 0. The molecule has 1 N–H and O–H groups in total. The summed E-state index contributed by atoms with van der Waals surface area (Å²) in [6.45, 7) is 4.60. The zero-order valence-electron chi connectivity index (χ0n) is 15.8. The van der Waals surface area contributed by atoms with Crippen molar-refractivity contribution in [2.75, 3.05) is 11.9 Å². The van der Waals surface area contributed by atoms with Gasteiger partial charge in [0, 0.05) is 35.6 Å². The molecule has 0 saturated carbocycles. The van der Waals surface area contributed by atoms with Crippen molar-refractivity contribution in [3.63, 3.8) is 0 Å². The van der Waals surface area contributed by atoms with Crippen LogP contribution in [0.4, 0.5) is 14.9 Å². The molecule has 0 unspecified atom stereocenters. The molecule has 2 amide bonds. The summed E-state index contributed by atoms with van der Waals surface area (Å²) < 4.78 is 19.0. The van der Waals surface area contributed by atoms with Crippen LogP contribution in [0.25, 0.3) is 11.6 Å². The number of fused-ring (bicyclic) bond motifs is 1. The van der Waals surface area contributed by atoms with Gasteiger partial charge < -0.3 is 14.7 Å². The Labute approximate surface area is 166 Å². The number of anilines is 1. The monoisotopic (exact) mass is 392 g/mol. The molecule has 4 rings (SSSR count). The van der Waals surface area contributed by atoms with Crippen molar-refractivity contribution in [1.29, 1.82) is 5.26 Å². The van der Waals surface area contributed by atoms with Crippen LogP contribution in [-0.2, 0) is 12.0 Å². The molecular weight excluding hydrogens is 375 g/mol. The molecule has 9 heteroatoms. The Morgan fingerprint density at radius 1 is 1.34 bits per heavy atom. The van der Waals surface area contributed by atoms with Gasteiger partial charge in [-0.15, -0.1) is 0 Å². The summed E-state index contributed by atoms with van der Waals surface area (Å²) in [5.74, 6) is 0.197. The fraction of sp³-hybridized carbons (Fsp3) is 0.250. The van der Waals surface area contributed by atoms with E-state index in [1.807, 2.05) is 13.8 Å². The van der Waals surface area contributed by atoms with Crippen molar-refractivity contribution in [2.24, 2.45) is 0 Å². The van der Waals surface area contributed by atoms with E-state index in [1.165, 1.54) is 12.1 Å². The zero-order valence-corrected chi connectivity index (χ0v) is 15.8. The number of aromatic nitrogens is 3. The van der Waals surface area contributed by atoms with Crippen LogP contribution in [0.1, 0.15) is 30.7 Å². The van der Waals surface area contributed by atoms with E-state index in [4.69, 9.17) is 9.78 Å². The Morgan fingerprint density at radius 3 is 2.83 bits per heavy atom. The minimum atomic E-state index is -0.633. The maximum Gasteiger partial charge on any atom is 0.322 e. The summed E-state index contributed by atoms with van der Waals surface area (Å²) in [6.07, 6.45) is 3.22. The van der Waals surface area contributed by atoms with E-state index in [0.29, 0.717) is 23.8 Å². The van der Waals surface area contributed by atoms with Crippen LogP contribution >= 0.6 is 0 Å². The van der Waals surface area contributed by atoms with Gasteiger partial charge in [0.05, 0.1) is 17.8 Å². The summed E-state index contributed by atoms with van der Waals surface area (Å²) in [4.78, 5) is 22.9. The highest BCUT2D eigenvalue weighted by molar-refractivity contribution is 5.90. The minimum Gasteiger partial charge on any atom is -0.352 e. The van der Waals surface area contributed by atoms with E-state index in [1.54, 1.807) is 29.4 Å². The fourth-order valence-corrected chi connectivity index (χ4v) is 3.41. The molecule has 146 valence electrons. The smallest absolute Gasteiger partial charge is 0.322 e. The molecule has 0 radical (unpaired) electrons. The lowest BCUT2D eigenvalue weighted by Gasteiger charge is -2.36. The van der Waals surface area contributed by atoms with Crippen LogP contribution in [0.3, 0.4) is 0 Å². The highest BCUT2D eigenvalue weighted by Gasteiger charge is 2.39. The maximum atomic E-state index is 13.5. The van der Waals surface area contributed by atoms with E-state index in [2.05, 4.69) is 20.4 Å². The van der Waals surface area contributed by atoms with Crippen LogP contribution in [-0.4, -0.2) is 32.6 Å². The van der Waals surface area contributed by atoms with Crippen LogP contribution in [0.15, 0.2) is 41.2 Å². The molecule has 1 aliphatic rings. The molecule has 2 aromatic heterocycles. The number of rotatable bonds is 2. The molecule has 1 aromatic carbocycles. The molecule has 0 fully saturated rings. The molecule has 3 aromatic rings. The second kappa shape index (κ2) is 6.98. The number of halogens is 1. The third-order valence-corrected chi connectivity index (χ3v) is 4.76. The van der Waals surface area contributed by atoms with Gasteiger partial charge in [0.1, 0.15) is 11.9 Å². The van der Waals surface area contributed by atoms with Gasteiger partial charge in [0.25, 0.3) is 0 Å². The van der Waals surface area contributed by atoms with E-state index in [0.717, 1.165) is 17.3 Å². The summed E-state index contributed by atoms with van der Waals surface area (Å²) in [5, 5.41) is 15.9. The van der Waals surface area contributed by atoms with Crippen LogP contribution in [0.5, 0.6) is 0 Å². The average Bonchev–Trinajstić information content (AvgIpc) is 3.15. The minimum absolute atomic E-state index is 0.133. The Bertz CT molecular complexity index is 1120. The van der Waals surface area contributed by atoms with Crippen molar-refractivity contribution >= 4 is 11.7 Å². The Hall–Kier alpha value is -3.80. The lowest BCUT2D eigenvalue weighted by molar-refractivity contribution is 0.185. The summed E-state index contributed by atoms with van der Waals surface area (Å²) in [7, 11) is 0. The van der Waals surface area contributed by atoms with E-state index in [9.17, 15) is 9.18 Å². The number of benzene rings is 1. The predicted molar refractivity (Wildman–Crippen MR) is 101 cm³/mol. The van der Waals surface area contributed by atoms with Crippen molar-refractivity contribution in [2.45, 2.75) is 25.8 Å². The van der Waals surface area contributed by atoms with Gasteiger partial charge in [-0.25, -0.2) is 19.2 Å². The van der Waals surface area contributed by atoms with Gasteiger partial charge in [-0.3, -0.25) is 0 Å². The van der Waals surface area contributed by atoms with Gasteiger partial charge in [0.2, 0.25) is 5.76 Å². The molecule has 3 heterocycles. The van der Waals surface area contributed by atoms with Gasteiger partial charge in [-0.1, -0.05) is 19.0 Å². The van der Waals surface area contributed by atoms with Crippen molar-refractivity contribution in [1.82, 2.24) is 20.0 Å². The number of hydrogen-bond acceptors (Lipinski definition) is 6. The lowest BCUT2D eigenvalue weighted by atomic mass is 9.82. The molecule has 0 spiro atoms. The number of nitrogens with zero attached hydrogens (tertiary/aromatic N) is 5. The lowest BCUT2D eigenvalue weighted by Crippen LogP contribution is -2.46. The standard InChI is InChI=1S/C20H17FN6O2/c1-20(2)11-27(19(28)25-13-4-5-15(21)12(8-13)9-22)10-14-16(29-26-17(14)20)18-23-6-3-7-24-18/h3-8H,10-11H2,1-2H3,(H,25,28). The molecule has 1 aliphatic heterocycles. The Balaban J connectivity index is 1.62. The third-order valence-electron chi connectivity index (χ3n) is 4.76. The van der Waals surface area contributed by atoms with Crippen LogP contribution in [0.2, 0.25) is 0 Å². The first kappa shape index (κ1) is 18.6. The predicted octanol–water partition coefficient (Wildman–Crippen LogP) is 3.47. The first-order valence-electron chi connectivity index (χ1n) is 8.91. The second-order valence-electron chi connectivity index (χ2n) is 7.39. The average molecular weight is 392 g/mol. The van der Waals surface area contributed by atoms with Gasteiger partial charge >= 0.3 is 6.03 Å². The van der Waals surface area contributed by atoms with E-state index >= 15 is 0 Å². The summed E-state index contributed by atoms with van der Waals surface area (Å²) in [6, 6.07) is 6.96. The van der Waals surface area contributed by atoms with Gasteiger partial charge in [0.15, 0.2) is 5.82 Å². The molecule has 29 heavy (non-hydrogen) atoms. The zero-order chi connectivity index (χ0) is 20.6. The SMILES string of the molecule is CC1(C)CN(C(=O)Nc2ccc(F)c(C#N)c2)Cc2c1noc2-c1ncccn1. The Morgan fingerprint density at radius 2 is 2.10 bits per heavy atom. The number of hydrogen-bond donors (Lipinski definition) is 1. The van der Waals surface area contributed by atoms with Crippen molar-refractivity contribution in [3.8, 4) is 17.7 Å². The number of amides is 2. The molecule has 0 atom stereocenters. The highest BCUT2D eigenvalue weighted by atomic mass is 19.1. The van der Waals surface area contributed by atoms with Crippen molar-refractivity contribution in [3.05, 3.63) is 59.3 Å². The quantitative estimate of drug-likeness (QED) is 0.715. The number of carbonyl (C=O) groups excluding carboxylic acids is 1. The first-order chi connectivity index (χ1) is 13.9. The fourth-order valence-electron chi connectivity index (χ4n) is 3.41. The molecule has 0 saturated heterocycles. The van der Waals surface area contributed by atoms with Gasteiger partial charge in [-0.05, 0) is 24.3 Å². The van der Waals surface area contributed by atoms with E-state index in [-0.39, 0.29) is 18.1 Å². The number of nitriles is 1. The van der Waals surface area contributed by atoms with Crippen LogP contribution < -0.4 is 5.32 Å². The third kappa shape index (κ3) is 3.40. The largest absolute Gasteiger partial charge is 0.352 e. The first-order valence-corrected chi connectivity index (χ1v) is 8.91. The molecule has 8 nitrogen and oxygen atoms in total. The molecule has 0 bridgehead atoms. The van der Waals surface area contributed by atoms with Gasteiger partial charge in [-0.2, -0.15) is 5.26 Å². The maximum absolute atomic E-state index is 13.5. The molecule has 0 aliphatic carbocycles. The second-order valence-corrected chi connectivity index (χ2v) is 7.39. The van der Waals surface area contributed by atoms with Crippen molar-refractivity contribution < 1.29 is 13.7 Å². The topological polar surface area (TPSA) is 108 Å². The Kier molecular flexibility index (Phi) is 4.47. The summed E-state index contributed by atoms with van der Waals surface area (Å²) in [5.41, 5.74) is 1.26. The number of urea groups is 1. The number of nitrogens with one attached hydrogen (secondary N) is 1.